The minimum atomic E-state index is -0.574. The molecule has 0 aromatic heterocycles. The van der Waals surface area contributed by atoms with E-state index in [0.717, 1.165) is 5.56 Å². The van der Waals surface area contributed by atoms with Gasteiger partial charge in [-0.05, 0) is 30.5 Å². The number of carbonyl (C=O) groups is 2. The fourth-order valence-electron chi connectivity index (χ4n) is 2.79. The summed E-state index contributed by atoms with van der Waals surface area (Å²) in [4.78, 5) is 24.4. The first kappa shape index (κ1) is 18.2. The molecule has 2 rings (SSSR count). The maximum absolute atomic E-state index is 12.6. The number of esters is 1. The van der Waals surface area contributed by atoms with Gasteiger partial charge in [0.05, 0.1) is 19.6 Å². The highest BCUT2D eigenvalue weighted by Gasteiger charge is 2.38. The van der Waals surface area contributed by atoms with Crippen LogP contribution in [0.15, 0.2) is 18.2 Å². The molecule has 7 nitrogen and oxygen atoms in total. The molecule has 132 valence electrons. The highest BCUT2D eigenvalue weighted by molar-refractivity contribution is 5.92. The summed E-state index contributed by atoms with van der Waals surface area (Å²) in [5.41, 5.74) is 6.37. The molecule has 0 radical (unpaired) electrons. The van der Waals surface area contributed by atoms with Crippen molar-refractivity contribution in [3.05, 3.63) is 29.3 Å². The van der Waals surface area contributed by atoms with Crippen LogP contribution in [0.4, 0.5) is 0 Å². The minimum absolute atomic E-state index is 0.0799. The van der Waals surface area contributed by atoms with Gasteiger partial charge in [-0.25, -0.2) is 4.79 Å². The zero-order valence-electron chi connectivity index (χ0n) is 14.1. The van der Waals surface area contributed by atoms with Gasteiger partial charge in [-0.2, -0.15) is 0 Å². The topological polar surface area (TPSA) is 99.9 Å². The molecule has 1 aliphatic rings. The van der Waals surface area contributed by atoms with E-state index >= 15 is 0 Å². The van der Waals surface area contributed by atoms with Crippen LogP contribution in [0.25, 0.3) is 0 Å². The van der Waals surface area contributed by atoms with Crippen molar-refractivity contribution in [1.82, 2.24) is 5.32 Å². The van der Waals surface area contributed by atoms with Crippen LogP contribution in [0.3, 0.4) is 0 Å². The number of hydrogen-bond acceptors (Lipinski definition) is 6. The van der Waals surface area contributed by atoms with E-state index in [0.29, 0.717) is 43.9 Å². The zero-order valence-corrected chi connectivity index (χ0v) is 14.1. The average Bonchev–Trinajstić information content (AvgIpc) is 2.65. The molecule has 1 aliphatic heterocycles. The molecular weight excluding hydrogens is 312 g/mol. The molecule has 1 saturated heterocycles. The SMILES string of the molecule is COC(=O)c1cc(CNC(=O)C2(CN)CCOCC2)ccc1OC. The number of rotatable bonds is 6. The van der Waals surface area contributed by atoms with Crippen LogP contribution in [-0.2, 0) is 20.8 Å². The number of amides is 1. The van der Waals surface area contributed by atoms with Crippen molar-refractivity contribution in [1.29, 1.82) is 0 Å². The Balaban J connectivity index is 2.08. The summed E-state index contributed by atoms with van der Waals surface area (Å²) in [6.07, 6.45) is 1.23. The average molecular weight is 336 g/mol. The van der Waals surface area contributed by atoms with Crippen molar-refractivity contribution in [2.75, 3.05) is 34.0 Å². The van der Waals surface area contributed by atoms with Gasteiger partial charge in [-0.1, -0.05) is 6.07 Å². The number of carbonyl (C=O) groups excluding carboxylic acids is 2. The Morgan fingerprint density at radius 3 is 2.58 bits per heavy atom. The third-order valence-electron chi connectivity index (χ3n) is 4.44. The first-order valence-corrected chi connectivity index (χ1v) is 7.87. The Hall–Kier alpha value is -2.12. The van der Waals surface area contributed by atoms with E-state index in [2.05, 4.69) is 5.32 Å². The highest BCUT2D eigenvalue weighted by atomic mass is 16.5. The molecule has 0 spiro atoms. The first-order chi connectivity index (χ1) is 11.6. The van der Waals surface area contributed by atoms with E-state index < -0.39 is 11.4 Å². The Labute approximate surface area is 141 Å². The predicted octanol–water partition coefficient (Wildman–Crippen LogP) is 0.853. The number of ether oxygens (including phenoxy) is 3. The number of nitrogens with two attached hydrogens (primary N) is 1. The molecule has 0 unspecified atom stereocenters. The standard InChI is InChI=1S/C17H24N2O5/c1-22-14-4-3-12(9-13(14)15(20)23-2)10-19-16(21)17(11-18)5-7-24-8-6-17/h3-4,9H,5-8,10-11,18H2,1-2H3,(H,19,21). The van der Waals surface area contributed by atoms with E-state index in [1.807, 2.05) is 0 Å². The van der Waals surface area contributed by atoms with Gasteiger partial charge in [0.25, 0.3) is 0 Å². The van der Waals surface area contributed by atoms with Crippen molar-refractivity contribution in [2.45, 2.75) is 19.4 Å². The van der Waals surface area contributed by atoms with Crippen LogP contribution in [0, 0.1) is 5.41 Å². The summed E-state index contributed by atoms with van der Waals surface area (Å²) in [6.45, 7) is 1.67. The summed E-state index contributed by atoms with van der Waals surface area (Å²) >= 11 is 0. The van der Waals surface area contributed by atoms with E-state index in [-0.39, 0.29) is 12.5 Å². The molecule has 0 aliphatic carbocycles. The molecular formula is C17H24N2O5. The minimum Gasteiger partial charge on any atom is -0.496 e. The summed E-state index contributed by atoms with van der Waals surface area (Å²) in [7, 11) is 2.80. The lowest BCUT2D eigenvalue weighted by Crippen LogP contribution is -2.48. The largest absolute Gasteiger partial charge is 0.496 e. The lowest BCUT2D eigenvalue weighted by Gasteiger charge is -2.34. The van der Waals surface area contributed by atoms with Gasteiger partial charge >= 0.3 is 5.97 Å². The number of benzene rings is 1. The van der Waals surface area contributed by atoms with Crippen molar-refractivity contribution in [2.24, 2.45) is 11.1 Å². The van der Waals surface area contributed by atoms with E-state index in [1.165, 1.54) is 14.2 Å². The molecule has 1 amide bonds. The van der Waals surface area contributed by atoms with Gasteiger partial charge in [-0.15, -0.1) is 0 Å². The third-order valence-corrected chi connectivity index (χ3v) is 4.44. The highest BCUT2D eigenvalue weighted by Crippen LogP contribution is 2.29. The molecule has 7 heteroatoms. The quantitative estimate of drug-likeness (QED) is 0.747. The molecule has 1 aromatic rings. The van der Waals surface area contributed by atoms with Gasteiger partial charge < -0.3 is 25.3 Å². The Morgan fingerprint density at radius 1 is 1.29 bits per heavy atom. The molecule has 24 heavy (non-hydrogen) atoms. The lowest BCUT2D eigenvalue weighted by atomic mass is 9.79. The molecule has 1 heterocycles. The maximum atomic E-state index is 12.6. The second-order valence-electron chi connectivity index (χ2n) is 5.81. The third kappa shape index (κ3) is 3.85. The molecule has 0 bridgehead atoms. The fourth-order valence-corrected chi connectivity index (χ4v) is 2.79. The second-order valence-corrected chi connectivity index (χ2v) is 5.81. The number of methoxy groups -OCH3 is 2. The van der Waals surface area contributed by atoms with Gasteiger partial charge in [-0.3, -0.25) is 4.79 Å². The molecule has 0 saturated carbocycles. The normalized spacial score (nSPS) is 16.3. The monoisotopic (exact) mass is 336 g/mol. The van der Waals surface area contributed by atoms with Crippen molar-refractivity contribution in [3.8, 4) is 5.75 Å². The van der Waals surface area contributed by atoms with E-state index in [9.17, 15) is 9.59 Å². The smallest absolute Gasteiger partial charge is 0.341 e. The fraction of sp³-hybridized carbons (Fsp3) is 0.529. The maximum Gasteiger partial charge on any atom is 0.341 e. The second kappa shape index (κ2) is 8.12. The van der Waals surface area contributed by atoms with Crippen LogP contribution in [-0.4, -0.2) is 45.9 Å². The Kier molecular flexibility index (Phi) is 6.16. The van der Waals surface area contributed by atoms with Gasteiger partial charge in [0.1, 0.15) is 11.3 Å². The van der Waals surface area contributed by atoms with Crippen LogP contribution < -0.4 is 15.8 Å². The number of nitrogens with one attached hydrogen (secondary N) is 1. The van der Waals surface area contributed by atoms with Gasteiger partial charge in [0.2, 0.25) is 5.91 Å². The van der Waals surface area contributed by atoms with Crippen LogP contribution in [0.5, 0.6) is 5.75 Å². The van der Waals surface area contributed by atoms with Crippen molar-refractivity contribution in [3.63, 3.8) is 0 Å². The Morgan fingerprint density at radius 2 is 2.00 bits per heavy atom. The first-order valence-electron chi connectivity index (χ1n) is 7.87. The zero-order chi connectivity index (χ0) is 17.6. The lowest BCUT2D eigenvalue weighted by molar-refractivity contribution is -0.136. The predicted molar refractivity (Wildman–Crippen MR) is 87.7 cm³/mol. The summed E-state index contributed by atoms with van der Waals surface area (Å²) in [6, 6.07) is 5.13. The molecule has 0 atom stereocenters. The van der Waals surface area contributed by atoms with Crippen LogP contribution in [0.1, 0.15) is 28.8 Å². The van der Waals surface area contributed by atoms with Crippen molar-refractivity contribution >= 4 is 11.9 Å². The molecule has 1 fully saturated rings. The van der Waals surface area contributed by atoms with E-state index in [1.54, 1.807) is 18.2 Å². The number of hydrogen-bond donors (Lipinski definition) is 2. The van der Waals surface area contributed by atoms with E-state index in [4.69, 9.17) is 19.9 Å². The molecule has 3 N–H and O–H groups in total. The Bertz CT molecular complexity index is 597. The summed E-state index contributed by atoms with van der Waals surface area (Å²) < 4.78 is 15.2. The van der Waals surface area contributed by atoms with Gasteiger partial charge in [0, 0.05) is 26.3 Å². The van der Waals surface area contributed by atoms with Crippen LogP contribution in [0.2, 0.25) is 0 Å². The molecule has 1 aromatic carbocycles. The summed E-state index contributed by atoms with van der Waals surface area (Å²) in [5, 5.41) is 2.91. The van der Waals surface area contributed by atoms with Crippen LogP contribution >= 0.6 is 0 Å². The van der Waals surface area contributed by atoms with Gasteiger partial charge in [0.15, 0.2) is 0 Å². The van der Waals surface area contributed by atoms with Crippen molar-refractivity contribution < 1.29 is 23.8 Å². The summed E-state index contributed by atoms with van der Waals surface area (Å²) in [5.74, 6) is -0.133.